The van der Waals surface area contributed by atoms with E-state index in [4.69, 9.17) is 4.42 Å². The van der Waals surface area contributed by atoms with Crippen LogP contribution in [-0.2, 0) is 0 Å². The van der Waals surface area contributed by atoms with Crippen LogP contribution in [0, 0.1) is 0 Å². The molecular formula is C11H18N2O2. The van der Waals surface area contributed by atoms with Gasteiger partial charge in [-0.15, -0.1) is 0 Å². The molecule has 1 fully saturated rings. The van der Waals surface area contributed by atoms with E-state index in [0.717, 1.165) is 25.4 Å². The summed E-state index contributed by atoms with van der Waals surface area (Å²) in [5.74, 6) is 0.853. The van der Waals surface area contributed by atoms with E-state index in [1.807, 2.05) is 12.1 Å². The van der Waals surface area contributed by atoms with Gasteiger partial charge in [0.1, 0.15) is 5.76 Å². The number of nitrogens with zero attached hydrogens (tertiary/aromatic N) is 1. The number of nitrogens with one attached hydrogen (secondary N) is 1. The number of aliphatic hydroxyl groups excluding tert-OH is 1. The van der Waals surface area contributed by atoms with E-state index in [1.54, 1.807) is 6.26 Å². The summed E-state index contributed by atoms with van der Waals surface area (Å²) in [6, 6.07) is 4.22. The highest BCUT2D eigenvalue weighted by Crippen LogP contribution is 2.23. The summed E-state index contributed by atoms with van der Waals surface area (Å²) in [6.07, 6.45) is 1.66. The van der Waals surface area contributed by atoms with Crippen molar-refractivity contribution >= 4 is 0 Å². The van der Waals surface area contributed by atoms with Crippen molar-refractivity contribution in [1.29, 1.82) is 0 Å². The molecule has 0 aromatic carbocycles. The minimum atomic E-state index is -0.00269. The molecule has 0 bridgehead atoms. The van der Waals surface area contributed by atoms with Crippen molar-refractivity contribution < 1.29 is 9.52 Å². The number of rotatable bonds is 3. The molecule has 2 rings (SSSR count). The smallest absolute Gasteiger partial charge is 0.123 e. The van der Waals surface area contributed by atoms with Gasteiger partial charge in [0.2, 0.25) is 0 Å². The van der Waals surface area contributed by atoms with E-state index in [2.05, 4.69) is 17.1 Å². The second-order valence-corrected chi connectivity index (χ2v) is 4.00. The zero-order chi connectivity index (χ0) is 10.7. The Bertz CT molecular complexity index is 287. The third-order valence-electron chi connectivity index (χ3n) is 3.00. The Morgan fingerprint density at radius 2 is 2.60 bits per heavy atom. The largest absolute Gasteiger partial charge is 0.468 e. The van der Waals surface area contributed by atoms with Gasteiger partial charge in [-0.3, -0.25) is 4.90 Å². The third-order valence-corrected chi connectivity index (χ3v) is 3.00. The highest BCUT2D eigenvalue weighted by molar-refractivity contribution is 5.06. The fraction of sp³-hybridized carbons (Fsp3) is 0.636. The zero-order valence-electron chi connectivity index (χ0n) is 9.02. The average molecular weight is 210 g/mol. The molecule has 1 aromatic rings. The molecule has 2 atom stereocenters. The minimum absolute atomic E-state index is 0.00269. The van der Waals surface area contributed by atoms with Gasteiger partial charge in [0.05, 0.1) is 18.9 Å². The van der Waals surface area contributed by atoms with Crippen LogP contribution in [0.3, 0.4) is 0 Å². The van der Waals surface area contributed by atoms with E-state index in [1.165, 1.54) is 0 Å². The van der Waals surface area contributed by atoms with Crippen molar-refractivity contribution in [2.75, 3.05) is 26.2 Å². The van der Waals surface area contributed by atoms with Crippen molar-refractivity contribution in [2.24, 2.45) is 0 Å². The molecule has 0 amide bonds. The van der Waals surface area contributed by atoms with E-state index in [9.17, 15) is 5.11 Å². The van der Waals surface area contributed by atoms with Crippen molar-refractivity contribution in [3.63, 3.8) is 0 Å². The minimum Gasteiger partial charge on any atom is -0.468 e. The lowest BCUT2D eigenvalue weighted by atomic mass is 10.1. The Labute approximate surface area is 89.9 Å². The molecule has 4 heteroatoms. The Hall–Kier alpha value is -0.840. The SMILES string of the molecule is CC1CNCCN1C(CO)c1ccco1. The maximum absolute atomic E-state index is 9.45. The van der Waals surface area contributed by atoms with Crippen LogP contribution >= 0.6 is 0 Å². The van der Waals surface area contributed by atoms with E-state index >= 15 is 0 Å². The van der Waals surface area contributed by atoms with Crippen LogP contribution in [0.5, 0.6) is 0 Å². The summed E-state index contributed by atoms with van der Waals surface area (Å²) in [6.45, 7) is 5.17. The average Bonchev–Trinajstić information content (AvgIpc) is 2.75. The van der Waals surface area contributed by atoms with Gasteiger partial charge in [-0.1, -0.05) is 0 Å². The fourth-order valence-corrected chi connectivity index (χ4v) is 2.16. The van der Waals surface area contributed by atoms with Gasteiger partial charge < -0.3 is 14.8 Å². The lowest BCUT2D eigenvalue weighted by Gasteiger charge is -2.38. The Morgan fingerprint density at radius 1 is 1.73 bits per heavy atom. The zero-order valence-corrected chi connectivity index (χ0v) is 9.02. The summed E-state index contributed by atoms with van der Waals surface area (Å²) in [7, 11) is 0. The van der Waals surface area contributed by atoms with Crippen molar-refractivity contribution in [3.05, 3.63) is 24.2 Å². The first kappa shape index (κ1) is 10.7. The molecular weight excluding hydrogens is 192 g/mol. The summed E-state index contributed by atoms with van der Waals surface area (Å²) in [5.41, 5.74) is 0. The summed E-state index contributed by atoms with van der Waals surface area (Å²) in [4.78, 5) is 2.29. The molecule has 1 aromatic heterocycles. The molecule has 2 N–H and O–H groups in total. The third kappa shape index (κ3) is 2.22. The topological polar surface area (TPSA) is 48.6 Å². The van der Waals surface area contributed by atoms with Crippen LogP contribution in [0.2, 0.25) is 0 Å². The van der Waals surface area contributed by atoms with E-state index in [0.29, 0.717) is 6.04 Å². The quantitative estimate of drug-likeness (QED) is 0.767. The van der Waals surface area contributed by atoms with Gasteiger partial charge in [0.15, 0.2) is 0 Å². The second-order valence-electron chi connectivity index (χ2n) is 4.00. The molecule has 15 heavy (non-hydrogen) atoms. The molecule has 2 heterocycles. The summed E-state index contributed by atoms with van der Waals surface area (Å²) < 4.78 is 5.37. The highest BCUT2D eigenvalue weighted by atomic mass is 16.3. The predicted molar refractivity (Wildman–Crippen MR) is 57.6 cm³/mol. The van der Waals surface area contributed by atoms with Gasteiger partial charge in [-0.25, -0.2) is 0 Å². The van der Waals surface area contributed by atoms with Crippen molar-refractivity contribution in [1.82, 2.24) is 10.2 Å². The number of furan rings is 1. The molecule has 1 saturated heterocycles. The number of hydrogen-bond acceptors (Lipinski definition) is 4. The number of piperazine rings is 1. The van der Waals surface area contributed by atoms with Crippen LogP contribution in [0.1, 0.15) is 18.7 Å². The molecule has 1 aliphatic heterocycles. The molecule has 0 saturated carbocycles. The first-order valence-electron chi connectivity index (χ1n) is 5.43. The molecule has 0 spiro atoms. The van der Waals surface area contributed by atoms with Gasteiger partial charge in [0, 0.05) is 25.7 Å². The number of hydrogen-bond donors (Lipinski definition) is 2. The molecule has 84 valence electrons. The highest BCUT2D eigenvalue weighted by Gasteiger charge is 2.28. The fourth-order valence-electron chi connectivity index (χ4n) is 2.16. The normalized spacial score (nSPS) is 25.3. The monoisotopic (exact) mass is 210 g/mol. The van der Waals surface area contributed by atoms with Crippen LogP contribution < -0.4 is 5.32 Å². The van der Waals surface area contributed by atoms with Crippen LogP contribution in [0.4, 0.5) is 0 Å². The van der Waals surface area contributed by atoms with Crippen LogP contribution in [-0.4, -0.2) is 42.3 Å². The van der Waals surface area contributed by atoms with Crippen LogP contribution in [0.15, 0.2) is 22.8 Å². The molecule has 4 nitrogen and oxygen atoms in total. The molecule has 0 aliphatic carbocycles. The Morgan fingerprint density at radius 3 is 3.20 bits per heavy atom. The van der Waals surface area contributed by atoms with Crippen LogP contribution in [0.25, 0.3) is 0 Å². The maximum atomic E-state index is 9.45. The maximum Gasteiger partial charge on any atom is 0.123 e. The first-order chi connectivity index (χ1) is 7.33. The van der Waals surface area contributed by atoms with Gasteiger partial charge >= 0.3 is 0 Å². The van der Waals surface area contributed by atoms with Gasteiger partial charge in [-0.05, 0) is 19.1 Å². The lowest BCUT2D eigenvalue weighted by Crippen LogP contribution is -2.51. The lowest BCUT2D eigenvalue weighted by molar-refractivity contribution is 0.0600. The Kier molecular flexibility index (Phi) is 3.41. The number of aliphatic hydroxyl groups is 1. The standard InChI is InChI=1S/C11H18N2O2/c1-9-7-12-4-5-13(9)10(8-14)11-3-2-6-15-11/h2-3,6,9-10,12,14H,4-5,7-8H2,1H3. The Balaban J connectivity index is 2.11. The molecule has 1 aliphatic rings. The van der Waals surface area contributed by atoms with Crippen molar-refractivity contribution in [3.8, 4) is 0 Å². The van der Waals surface area contributed by atoms with Gasteiger partial charge in [-0.2, -0.15) is 0 Å². The van der Waals surface area contributed by atoms with E-state index < -0.39 is 0 Å². The predicted octanol–water partition coefficient (Wildman–Crippen LogP) is 0.607. The van der Waals surface area contributed by atoms with Crippen molar-refractivity contribution in [2.45, 2.75) is 19.0 Å². The first-order valence-corrected chi connectivity index (χ1v) is 5.43. The van der Waals surface area contributed by atoms with E-state index in [-0.39, 0.29) is 12.6 Å². The second kappa shape index (κ2) is 4.79. The van der Waals surface area contributed by atoms with Gasteiger partial charge in [0.25, 0.3) is 0 Å². The summed E-state index contributed by atoms with van der Waals surface area (Å²) in [5, 5.41) is 12.8. The molecule has 2 unspecified atom stereocenters. The molecule has 0 radical (unpaired) electrons. The summed E-state index contributed by atoms with van der Waals surface area (Å²) >= 11 is 0.